The van der Waals surface area contributed by atoms with Crippen molar-refractivity contribution in [2.24, 2.45) is 0 Å². The Morgan fingerprint density at radius 1 is 1.60 bits per heavy atom. The maximum Gasteiger partial charge on any atom is 0.145 e. The maximum absolute atomic E-state index is 9.03. The van der Waals surface area contributed by atoms with Gasteiger partial charge in [0.15, 0.2) is 0 Å². The van der Waals surface area contributed by atoms with Gasteiger partial charge in [-0.15, -0.1) is 0 Å². The van der Waals surface area contributed by atoms with E-state index in [4.69, 9.17) is 16.9 Å². The molecule has 0 radical (unpaired) electrons. The number of unbranched alkanes of at least 4 members (excludes halogenated alkanes) is 1. The van der Waals surface area contributed by atoms with Crippen LogP contribution in [0.4, 0.5) is 0 Å². The molecule has 1 fully saturated rings. The van der Waals surface area contributed by atoms with E-state index in [2.05, 4.69) is 18.1 Å². The lowest BCUT2D eigenvalue weighted by atomic mass is 10.2. The van der Waals surface area contributed by atoms with Crippen LogP contribution in [-0.4, -0.2) is 9.78 Å². The van der Waals surface area contributed by atoms with Crippen molar-refractivity contribution in [3.63, 3.8) is 0 Å². The van der Waals surface area contributed by atoms with Crippen LogP contribution < -0.4 is 0 Å². The van der Waals surface area contributed by atoms with E-state index in [1.165, 1.54) is 0 Å². The summed E-state index contributed by atoms with van der Waals surface area (Å²) in [5.74, 6) is 0.486. The molecule has 0 aliphatic heterocycles. The zero-order valence-electron chi connectivity index (χ0n) is 8.83. The minimum Gasteiger partial charge on any atom is -0.252 e. The van der Waals surface area contributed by atoms with Gasteiger partial charge in [-0.1, -0.05) is 24.9 Å². The molecule has 0 N–H and O–H groups in total. The minimum absolute atomic E-state index is 0.486. The highest BCUT2D eigenvalue weighted by Crippen LogP contribution is 2.42. The maximum atomic E-state index is 9.03. The molecule has 1 aromatic rings. The fraction of sp³-hybridized carbons (Fsp3) is 0.636. The van der Waals surface area contributed by atoms with E-state index in [-0.39, 0.29) is 0 Å². The van der Waals surface area contributed by atoms with E-state index in [1.54, 1.807) is 4.68 Å². The molecular weight excluding hydrogens is 210 g/mol. The molecule has 0 bridgehead atoms. The number of nitrogens with zero attached hydrogens (tertiary/aromatic N) is 3. The SMILES string of the molecule is CCCCn1nc(C2CC2)c(C#N)c1Cl. The zero-order valence-corrected chi connectivity index (χ0v) is 9.59. The summed E-state index contributed by atoms with van der Waals surface area (Å²) in [6, 6.07) is 2.17. The van der Waals surface area contributed by atoms with Crippen LogP contribution in [0.3, 0.4) is 0 Å². The van der Waals surface area contributed by atoms with Crippen LogP contribution in [0.25, 0.3) is 0 Å². The Bertz CT molecular complexity index is 399. The lowest BCUT2D eigenvalue weighted by molar-refractivity contribution is 0.566. The van der Waals surface area contributed by atoms with E-state index in [9.17, 15) is 0 Å². The molecule has 0 spiro atoms. The van der Waals surface area contributed by atoms with E-state index < -0.39 is 0 Å². The summed E-state index contributed by atoms with van der Waals surface area (Å²) in [7, 11) is 0. The van der Waals surface area contributed by atoms with Gasteiger partial charge >= 0.3 is 0 Å². The molecule has 3 nitrogen and oxygen atoms in total. The molecule has 1 aliphatic rings. The van der Waals surface area contributed by atoms with Gasteiger partial charge in [0.05, 0.1) is 5.69 Å². The molecule has 1 aliphatic carbocycles. The number of aromatic nitrogens is 2. The number of halogens is 1. The van der Waals surface area contributed by atoms with Crippen molar-refractivity contribution in [3.05, 3.63) is 16.4 Å². The summed E-state index contributed by atoms with van der Waals surface area (Å²) in [6.45, 7) is 2.95. The van der Waals surface area contributed by atoms with Crippen molar-refractivity contribution in [3.8, 4) is 6.07 Å². The predicted octanol–water partition coefficient (Wildman–Crippen LogP) is 3.09. The Balaban J connectivity index is 2.28. The Labute approximate surface area is 94.6 Å². The highest BCUT2D eigenvalue weighted by atomic mass is 35.5. The monoisotopic (exact) mass is 223 g/mol. The highest BCUT2D eigenvalue weighted by molar-refractivity contribution is 6.30. The molecule has 15 heavy (non-hydrogen) atoms. The first-order valence-electron chi connectivity index (χ1n) is 5.44. The Hall–Kier alpha value is -1.01. The van der Waals surface area contributed by atoms with Gasteiger partial charge in [-0.05, 0) is 19.3 Å². The molecule has 80 valence electrons. The number of hydrogen-bond donors (Lipinski definition) is 0. The second-order valence-electron chi connectivity index (χ2n) is 4.01. The van der Waals surface area contributed by atoms with Gasteiger partial charge in [0.25, 0.3) is 0 Å². The Morgan fingerprint density at radius 2 is 2.33 bits per heavy atom. The van der Waals surface area contributed by atoms with Crippen LogP contribution in [0.5, 0.6) is 0 Å². The molecular formula is C11H14ClN3. The van der Waals surface area contributed by atoms with Crippen molar-refractivity contribution in [1.82, 2.24) is 9.78 Å². The van der Waals surface area contributed by atoms with E-state index in [0.717, 1.165) is 37.9 Å². The summed E-state index contributed by atoms with van der Waals surface area (Å²) < 4.78 is 1.78. The van der Waals surface area contributed by atoms with Gasteiger partial charge in [0, 0.05) is 12.5 Å². The van der Waals surface area contributed by atoms with Crippen molar-refractivity contribution in [2.45, 2.75) is 45.1 Å². The van der Waals surface area contributed by atoms with E-state index >= 15 is 0 Å². The van der Waals surface area contributed by atoms with Crippen LogP contribution in [0.2, 0.25) is 5.15 Å². The molecule has 2 rings (SSSR count). The quantitative estimate of drug-likeness (QED) is 0.787. The summed E-state index contributed by atoms with van der Waals surface area (Å²) in [6.07, 6.45) is 4.46. The zero-order chi connectivity index (χ0) is 10.8. The van der Waals surface area contributed by atoms with Crippen molar-refractivity contribution in [2.75, 3.05) is 0 Å². The first-order valence-corrected chi connectivity index (χ1v) is 5.82. The predicted molar refractivity (Wildman–Crippen MR) is 58.8 cm³/mol. The molecule has 0 atom stereocenters. The van der Waals surface area contributed by atoms with Gasteiger partial charge < -0.3 is 0 Å². The largest absolute Gasteiger partial charge is 0.252 e. The third-order valence-electron chi connectivity index (χ3n) is 2.72. The minimum atomic E-state index is 0.486. The third kappa shape index (κ3) is 2.00. The number of aryl methyl sites for hydroxylation is 1. The Kier molecular flexibility index (Phi) is 2.97. The fourth-order valence-corrected chi connectivity index (χ4v) is 1.92. The first-order chi connectivity index (χ1) is 7.27. The second kappa shape index (κ2) is 4.24. The molecule has 0 aromatic carbocycles. The van der Waals surface area contributed by atoms with Gasteiger partial charge in [0.2, 0.25) is 0 Å². The normalized spacial score (nSPS) is 15.3. The molecule has 0 unspecified atom stereocenters. The highest BCUT2D eigenvalue weighted by Gasteiger charge is 2.31. The van der Waals surface area contributed by atoms with Gasteiger partial charge in [-0.2, -0.15) is 10.4 Å². The fourth-order valence-electron chi connectivity index (χ4n) is 1.66. The van der Waals surface area contributed by atoms with Gasteiger partial charge in [-0.3, -0.25) is 4.68 Å². The standard InChI is InChI=1S/C11H14ClN3/c1-2-3-6-15-11(12)9(7-13)10(14-15)8-4-5-8/h8H,2-6H2,1H3. The first kappa shape index (κ1) is 10.5. The van der Waals surface area contributed by atoms with Crippen LogP contribution in [0.1, 0.15) is 49.8 Å². The molecule has 4 heteroatoms. The summed E-state index contributed by atoms with van der Waals surface area (Å²) in [4.78, 5) is 0. The van der Waals surface area contributed by atoms with Crippen molar-refractivity contribution < 1.29 is 0 Å². The van der Waals surface area contributed by atoms with Crippen LogP contribution in [0, 0.1) is 11.3 Å². The summed E-state index contributed by atoms with van der Waals surface area (Å²) in [5, 5.41) is 14.0. The number of nitriles is 1. The van der Waals surface area contributed by atoms with Crippen LogP contribution >= 0.6 is 11.6 Å². The van der Waals surface area contributed by atoms with E-state index in [1.807, 2.05) is 0 Å². The van der Waals surface area contributed by atoms with Crippen LogP contribution in [0.15, 0.2) is 0 Å². The topological polar surface area (TPSA) is 41.6 Å². The smallest absolute Gasteiger partial charge is 0.145 e. The van der Waals surface area contributed by atoms with Gasteiger partial charge in [0.1, 0.15) is 16.8 Å². The van der Waals surface area contributed by atoms with Crippen molar-refractivity contribution in [1.29, 1.82) is 5.26 Å². The van der Waals surface area contributed by atoms with Crippen LogP contribution in [-0.2, 0) is 6.54 Å². The molecule has 1 saturated carbocycles. The number of hydrogen-bond acceptors (Lipinski definition) is 2. The summed E-state index contributed by atoms with van der Waals surface area (Å²) in [5.41, 5.74) is 1.51. The molecule has 0 saturated heterocycles. The molecule has 1 aromatic heterocycles. The average Bonchev–Trinajstić information content (AvgIpc) is 3.02. The second-order valence-corrected chi connectivity index (χ2v) is 4.37. The lowest BCUT2D eigenvalue weighted by Crippen LogP contribution is -2.00. The third-order valence-corrected chi connectivity index (χ3v) is 3.10. The summed E-state index contributed by atoms with van der Waals surface area (Å²) >= 11 is 6.12. The average molecular weight is 224 g/mol. The molecule has 1 heterocycles. The Morgan fingerprint density at radius 3 is 2.87 bits per heavy atom. The lowest BCUT2D eigenvalue weighted by Gasteiger charge is -1.99. The molecule has 0 amide bonds. The number of rotatable bonds is 4. The van der Waals surface area contributed by atoms with E-state index in [0.29, 0.717) is 16.6 Å². The van der Waals surface area contributed by atoms with Crippen molar-refractivity contribution >= 4 is 11.6 Å². The van der Waals surface area contributed by atoms with Gasteiger partial charge in [-0.25, -0.2) is 0 Å².